The molecular formula is C20H26N6O. The molecule has 2 fully saturated rings. The van der Waals surface area contributed by atoms with Crippen LogP contribution in [0, 0.1) is 11.3 Å². The third-order valence-corrected chi connectivity index (χ3v) is 5.98. The van der Waals surface area contributed by atoms with E-state index in [4.69, 9.17) is 11.0 Å². The number of hydrogen-bond donors (Lipinski definition) is 1. The van der Waals surface area contributed by atoms with Gasteiger partial charge < -0.3 is 10.6 Å². The second kappa shape index (κ2) is 7.65. The Morgan fingerprint density at radius 3 is 2.70 bits per heavy atom. The molecule has 1 saturated heterocycles. The molecule has 4 rings (SSSR count). The number of nitrogens with two attached hydrogens (primary N) is 1. The van der Waals surface area contributed by atoms with Crippen molar-refractivity contribution in [2.24, 2.45) is 16.1 Å². The largest absolute Gasteiger partial charge is 0.325 e. The number of carbonyl (C=O) groups is 1. The Bertz CT molecular complexity index is 751. The Kier molecular flexibility index (Phi) is 5.08. The SMILES string of the molecule is N#C[C@@H]1CCCN1C(=O)[C@@H](N)Cc1ccc(C2CN(C3CCC3)N=N2)cc1. The van der Waals surface area contributed by atoms with E-state index < -0.39 is 6.04 Å². The smallest absolute Gasteiger partial charge is 0.240 e. The zero-order valence-corrected chi connectivity index (χ0v) is 15.5. The molecule has 2 N–H and O–H groups in total. The summed E-state index contributed by atoms with van der Waals surface area (Å²) < 4.78 is 0. The summed E-state index contributed by atoms with van der Waals surface area (Å²) in [7, 11) is 0. The third kappa shape index (κ3) is 3.67. The van der Waals surface area contributed by atoms with Gasteiger partial charge in [-0.1, -0.05) is 29.5 Å². The van der Waals surface area contributed by atoms with E-state index in [1.165, 1.54) is 19.3 Å². The molecule has 1 aromatic carbocycles. The van der Waals surface area contributed by atoms with Gasteiger partial charge in [-0.05, 0) is 49.7 Å². The van der Waals surface area contributed by atoms with Crippen molar-refractivity contribution < 1.29 is 4.79 Å². The normalized spacial score (nSPS) is 26.1. The number of carbonyl (C=O) groups excluding carboxylic acids is 1. The van der Waals surface area contributed by atoms with E-state index in [1.807, 2.05) is 12.1 Å². The maximum absolute atomic E-state index is 12.5. The van der Waals surface area contributed by atoms with Gasteiger partial charge in [-0.3, -0.25) is 9.80 Å². The van der Waals surface area contributed by atoms with Gasteiger partial charge in [0.2, 0.25) is 5.91 Å². The summed E-state index contributed by atoms with van der Waals surface area (Å²) in [5.41, 5.74) is 8.31. The average molecular weight is 366 g/mol. The first-order chi connectivity index (χ1) is 13.2. The van der Waals surface area contributed by atoms with Crippen LogP contribution in [0.5, 0.6) is 0 Å². The molecule has 1 aromatic rings. The molecule has 27 heavy (non-hydrogen) atoms. The van der Waals surface area contributed by atoms with Gasteiger partial charge in [-0.25, -0.2) is 0 Å². The molecule has 1 amide bonds. The highest BCUT2D eigenvalue weighted by molar-refractivity contribution is 5.82. The Morgan fingerprint density at radius 1 is 1.26 bits per heavy atom. The maximum atomic E-state index is 12.5. The van der Waals surface area contributed by atoms with Crippen LogP contribution < -0.4 is 5.73 Å². The van der Waals surface area contributed by atoms with Crippen LogP contribution >= 0.6 is 0 Å². The average Bonchev–Trinajstić information content (AvgIpc) is 3.29. The predicted octanol–water partition coefficient (Wildman–Crippen LogP) is 2.35. The van der Waals surface area contributed by atoms with Crippen molar-refractivity contribution in [1.29, 1.82) is 5.26 Å². The molecule has 0 spiro atoms. The van der Waals surface area contributed by atoms with Crippen molar-refractivity contribution in [3.8, 4) is 6.07 Å². The molecule has 1 aliphatic carbocycles. The lowest BCUT2D eigenvalue weighted by Crippen LogP contribution is -2.46. The van der Waals surface area contributed by atoms with Crippen molar-refractivity contribution in [3.63, 3.8) is 0 Å². The van der Waals surface area contributed by atoms with E-state index in [0.29, 0.717) is 19.0 Å². The summed E-state index contributed by atoms with van der Waals surface area (Å²) in [5.74, 6) is -0.121. The number of benzene rings is 1. The fourth-order valence-electron chi connectivity index (χ4n) is 4.05. The van der Waals surface area contributed by atoms with Gasteiger partial charge in [-0.2, -0.15) is 10.4 Å². The Balaban J connectivity index is 1.33. The number of nitrogens with zero attached hydrogens (tertiary/aromatic N) is 5. The molecule has 142 valence electrons. The lowest BCUT2D eigenvalue weighted by molar-refractivity contribution is -0.132. The summed E-state index contributed by atoms with van der Waals surface area (Å²) >= 11 is 0. The Labute approximate surface area is 159 Å². The maximum Gasteiger partial charge on any atom is 0.240 e. The standard InChI is InChI=1S/C20H26N6O/c21-12-17-5-2-10-25(17)20(27)18(22)11-14-6-8-15(9-7-14)19-13-26(24-23-19)16-3-1-4-16/h6-9,16-19H,1-5,10-11,13,22H2/t17-,18-,19?/m0/s1. The summed E-state index contributed by atoms with van der Waals surface area (Å²) in [6.45, 7) is 1.49. The molecule has 1 saturated carbocycles. The summed E-state index contributed by atoms with van der Waals surface area (Å²) in [5, 5.41) is 20.0. The Morgan fingerprint density at radius 2 is 2.04 bits per heavy atom. The van der Waals surface area contributed by atoms with Crippen LogP contribution in [0.25, 0.3) is 0 Å². The van der Waals surface area contributed by atoms with Crippen molar-refractivity contribution in [1.82, 2.24) is 9.91 Å². The van der Waals surface area contributed by atoms with E-state index >= 15 is 0 Å². The van der Waals surface area contributed by atoms with E-state index in [1.54, 1.807) is 4.90 Å². The zero-order valence-electron chi connectivity index (χ0n) is 15.5. The second-order valence-corrected chi connectivity index (χ2v) is 7.80. The minimum atomic E-state index is -0.606. The van der Waals surface area contributed by atoms with E-state index in [-0.39, 0.29) is 18.0 Å². The molecule has 0 radical (unpaired) electrons. The van der Waals surface area contributed by atoms with Crippen LogP contribution in [-0.4, -0.2) is 47.0 Å². The quantitative estimate of drug-likeness (QED) is 0.865. The minimum absolute atomic E-state index is 0.0935. The number of hydrogen-bond acceptors (Lipinski definition) is 6. The third-order valence-electron chi connectivity index (χ3n) is 5.98. The fourth-order valence-corrected chi connectivity index (χ4v) is 4.05. The summed E-state index contributed by atoms with van der Waals surface area (Å²) in [6.07, 6.45) is 5.84. The predicted molar refractivity (Wildman–Crippen MR) is 100 cm³/mol. The summed E-state index contributed by atoms with van der Waals surface area (Å²) in [6, 6.07) is 10.1. The molecular weight excluding hydrogens is 340 g/mol. The second-order valence-electron chi connectivity index (χ2n) is 7.80. The van der Waals surface area contributed by atoms with Crippen molar-refractivity contribution >= 4 is 5.91 Å². The topological polar surface area (TPSA) is 98.1 Å². The monoisotopic (exact) mass is 366 g/mol. The number of likely N-dealkylation sites (tertiary alicyclic amines) is 1. The molecule has 3 atom stereocenters. The molecule has 0 aromatic heterocycles. The highest BCUT2D eigenvalue weighted by Crippen LogP contribution is 2.32. The first-order valence-electron chi connectivity index (χ1n) is 9.87. The molecule has 2 heterocycles. The van der Waals surface area contributed by atoms with Gasteiger partial charge in [0.25, 0.3) is 0 Å². The van der Waals surface area contributed by atoms with Crippen LogP contribution in [0.1, 0.15) is 49.3 Å². The number of nitriles is 1. The highest BCUT2D eigenvalue weighted by Gasteiger charge is 2.32. The number of rotatable bonds is 5. The van der Waals surface area contributed by atoms with Crippen LogP contribution in [0.3, 0.4) is 0 Å². The first-order valence-corrected chi connectivity index (χ1v) is 9.87. The van der Waals surface area contributed by atoms with E-state index in [0.717, 1.165) is 30.5 Å². The van der Waals surface area contributed by atoms with Gasteiger partial charge in [0.1, 0.15) is 12.1 Å². The Hall–Kier alpha value is -2.46. The van der Waals surface area contributed by atoms with Crippen molar-refractivity contribution in [2.75, 3.05) is 13.1 Å². The van der Waals surface area contributed by atoms with Crippen LogP contribution in [0.15, 0.2) is 34.6 Å². The van der Waals surface area contributed by atoms with E-state index in [2.05, 4.69) is 33.5 Å². The molecule has 3 aliphatic rings. The van der Waals surface area contributed by atoms with Crippen molar-refractivity contribution in [3.05, 3.63) is 35.4 Å². The van der Waals surface area contributed by atoms with Crippen LogP contribution in [-0.2, 0) is 11.2 Å². The lowest BCUT2D eigenvalue weighted by Gasteiger charge is -2.32. The van der Waals surface area contributed by atoms with E-state index in [9.17, 15) is 4.79 Å². The summed E-state index contributed by atoms with van der Waals surface area (Å²) in [4.78, 5) is 14.2. The van der Waals surface area contributed by atoms with Gasteiger partial charge in [-0.15, -0.1) is 0 Å². The van der Waals surface area contributed by atoms with Gasteiger partial charge in [0.15, 0.2) is 0 Å². The van der Waals surface area contributed by atoms with Gasteiger partial charge in [0.05, 0.1) is 18.7 Å². The highest BCUT2D eigenvalue weighted by atomic mass is 16.2. The zero-order chi connectivity index (χ0) is 18.8. The fraction of sp³-hybridized carbons (Fsp3) is 0.600. The first kappa shape index (κ1) is 17.9. The molecule has 1 unspecified atom stereocenters. The number of amides is 1. The minimum Gasteiger partial charge on any atom is -0.325 e. The lowest BCUT2D eigenvalue weighted by atomic mass is 9.92. The molecule has 2 aliphatic heterocycles. The van der Waals surface area contributed by atoms with Gasteiger partial charge >= 0.3 is 0 Å². The molecule has 7 heteroatoms. The van der Waals surface area contributed by atoms with Crippen LogP contribution in [0.4, 0.5) is 0 Å². The molecule has 7 nitrogen and oxygen atoms in total. The van der Waals surface area contributed by atoms with Crippen LogP contribution in [0.2, 0.25) is 0 Å². The molecule has 0 bridgehead atoms. The van der Waals surface area contributed by atoms with Gasteiger partial charge in [0, 0.05) is 12.6 Å². The van der Waals surface area contributed by atoms with Crippen molar-refractivity contribution in [2.45, 2.75) is 62.7 Å².